The lowest BCUT2D eigenvalue weighted by Gasteiger charge is -2.16. The standard InChI is InChI=1S/C18H18N8O/c27-18(19-10-9-17-22-21-16-8-4-5-11-25(16)17)15(26-13-20-23-24-26)12-14-6-2-1-3-7-14/h1-8,11,13,15H,9-10,12H2,(H,19,27). The van der Waals surface area contributed by atoms with Gasteiger partial charge in [-0.2, -0.15) is 0 Å². The number of tetrazole rings is 1. The quantitative estimate of drug-likeness (QED) is 0.523. The zero-order chi connectivity index (χ0) is 18.5. The van der Waals surface area contributed by atoms with E-state index >= 15 is 0 Å². The van der Waals surface area contributed by atoms with E-state index < -0.39 is 6.04 Å². The third kappa shape index (κ3) is 3.81. The highest BCUT2D eigenvalue weighted by Gasteiger charge is 2.22. The van der Waals surface area contributed by atoms with Crippen molar-refractivity contribution >= 4 is 11.6 Å². The molecule has 1 atom stereocenters. The van der Waals surface area contributed by atoms with Gasteiger partial charge < -0.3 is 5.32 Å². The number of rotatable bonds is 7. The van der Waals surface area contributed by atoms with Crippen LogP contribution >= 0.6 is 0 Å². The first-order valence-corrected chi connectivity index (χ1v) is 8.64. The Hall–Kier alpha value is -3.62. The molecule has 1 N–H and O–H groups in total. The lowest BCUT2D eigenvalue weighted by Crippen LogP contribution is -2.35. The lowest BCUT2D eigenvalue weighted by atomic mass is 10.1. The monoisotopic (exact) mass is 362 g/mol. The zero-order valence-electron chi connectivity index (χ0n) is 14.5. The van der Waals surface area contributed by atoms with Crippen LogP contribution in [0, 0.1) is 0 Å². The van der Waals surface area contributed by atoms with Gasteiger partial charge >= 0.3 is 0 Å². The maximum Gasteiger partial charge on any atom is 0.245 e. The predicted molar refractivity (Wildman–Crippen MR) is 96.7 cm³/mol. The van der Waals surface area contributed by atoms with Gasteiger partial charge in [-0.25, -0.2) is 4.68 Å². The second-order valence-corrected chi connectivity index (χ2v) is 6.08. The number of fused-ring (bicyclic) bond motifs is 1. The van der Waals surface area contributed by atoms with Crippen molar-refractivity contribution in [1.82, 2.24) is 40.1 Å². The number of pyridine rings is 1. The highest BCUT2D eigenvalue weighted by atomic mass is 16.2. The maximum atomic E-state index is 12.8. The first kappa shape index (κ1) is 16.8. The molecule has 0 aliphatic rings. The van der Waals surface area contributed by atoms with Gasteiger partial charge in [0, 0.05) is 25.6 Å². The van der Waals surface area contributed by atoms with Gasteiger partial charge in [0.2, 0.25) is 5.91 Å². The number of hydrogen-bond acceptors (Lipinski definition) is 6. The number of benzene rings is 1. The van der Waals surface area contributed by atoms with Crippen molar-refractivity contribution < 1.29 is 4.79 Å². The van der Waals surface area contributed by atoms with Crippen LogP contribution in [0.5, 0.6) is 0 Å². The van der Waals surface area contributed by atoms with Gasteiger partial charge in [-0.3, -0.25) is 9.20 Å². The first-order chi connectivity index (χ1) is 13.3. The Kier molecular flexibility index (Phi) is 4.82. The Bertz CT molecular complexity index is 1010. The van der Waals surface area contributed by atoms with Gasteiger partial charge in [0.25, 0.3) is 0 Å². The topological polar surface area (TPSA) is 103 Å². The van der Waals surface area contributed by atoms with E-state index in [-0.39, 0.29) is 5.91 Å². The molecule has 1 aromatic carbocycles. The van der Waals surface area contributed by atoms with E-state index in [9.17, 15) is 4.79 Å². The second kappa shape index (κ2) is 7.73. The van der Waals surface area contributed by atoms with Crippen LogP contribution in [0.15, 0.2) is 61.1 Å². The van der Waals surface area contributed by atoms with Gasteiger partial charge in [-0.15, -0.1) is 15.3 Å². The van der Waals surface area contributed by atoms with E-state index in [4.69, 9.17) is 0 Å². The Balaban J connectivity index is 1.42. The highest BCUT2D eigenvalue weighted by Crippen LogP contribution is 2.13. The molecule has 4 aromatic rings. The second-order valence-electron chi connectivity index (χ2n) is 6.08. The maximum absolute atomic E-state index is 12.8. The van der Waals surface area contributed by atoms with Crippen molar-refractivity contribution in [2.24, 2.45) is 0 Å². The molecule has 0 fully saturated rings. The summed E-state index contributed by atoms with van der Waals surface area (Å²) in [5, 5.41) is 22.5. The molecule has 0 radical (unpaired) electrons. The molecular weight excluding hydrogens is 344 g/mol. The predicted octanol–water partition coefficient (Wildman–Crippen LogP) is 0.858. The summed E-state index contributed by atoms with van der Waals surface area (Å²) in [5.74, 6) is 0.660. The van der Waals surface area contributed by atoms with Crippen LogP contribution in [0.3, 0.4) is 0 Å². The number of aromatic nitrogens is 7. The van der Waals surface area contributed by atoms with Crippen molar-refractivity contribution in [1.29, 1.82) is 0 Å². The molecule has 1 unspecified atom stereocenters. The van der Waals surface area contributed by atoms with E-state index in [1.807, 2.05) is 59.1 Å². The average molecular weight is 362 g/mol. The van der Waals surface area contributed by atoms with Crippen LogP contribution in [0.2, 0.25) is 0 Å². The van der Waals surface area contributed by atoms with Crippen molar-refractivity contribution in [2.45, 2.75) is 18.9 Å². The van der Waals surface area contributed by atoms with Gasteiger partial charge in [0.05, 0.1) is 0 Å². The van der Waals surface area contributed by atoms with E-state index in [0.717, 1.165) is 17.0 Å². The minimum absolute atomic E-state index is 0.139. The normalized spacial score (nSPS) is 12.1. The van der Waals surface area contributed by atoms with Crippen molar-refractivity contribution in [3.63, 3.8) is 0 Å². The Morgan fingerprint density at radius 1 is 1.07 bits per heavy atom. The van der Waals surface area contributed by atoms with E-state index in [1.165, 1.54) is 11.0 Å². The SMILES string of the molecule is O=C(NCCc1nnc2ccccn12)C(Cc1ccccc1)n1cnnn1. The minimum atomic E-state index is -0.516. The van der Waals surface area contributed by atoms with Crippen LogP contribution in [-0.2, 0) is 17.6 Å². The molecule has 3 heterocycles. The summed E-state index contributed by atoms with van der Waals surface area (Å²) >= 11 is 0. The molecule has 3 aromatic heterocycles. The summed E-state index contributed by atoms with van der Waals surface area (Å²) in [6, 6.07) is 15.0. The van der Waals surface area contributed by atoms with Gasteiger partial charge in [-0.1, -0.05) is 36.4 Å². The number of carbonyl (C=O) groups excluding carboxylic acids is 1. The van der Waals surface area contributed by atoms with Crippen LogP contribution in [0.25, 0.3) is 5.65 Å². The Labute approximate surface area is 155 Å². The fraction of sp³-hybridized carbons (Fsp3) is 0.222. The van der Waals surface area contributed by atoms with Crippen LogP contribution in [0.1, 0.15) is 17.4 Å². The summed E-state index contributed by atoms with van der Waals surface area (Å²) in [6.07, 6.45) is 4.45. The largest absolute Gasteiger partial charge is 0.354 e. The van der Waals surface area contributed by atoms with Crippen LogP contribution in [0.4, 0.5) is 0 Å². The number of nitrogens with zero attached hydrogens (tertiary/aromatic N) is 7. The Morgan fingerprint density at radius 3 is 2.74 bits per heavy atom. The van der Waals surface area contributed by atoms with E-state index in [2.05, 4.69) is 31.0 Å². The smallest absolute Gasteiger partial charge is 0.245 e. The number of nitrogens with one attached hydrogen (secondary N) is 1. The van der Waals surface area contributed by atoms with Gasteiger partial charge in [-0.05, 0) is 28.1 Å². The Morgan fingerprint density at radius 2 is 1.93 bits per heavy atom. The van der Waals surface area contributed by atoms with Crippen molar-refractivity contribution in [3.05, 3.63) is 72.4 Å². The molecule has 136 valence electrons. The first-order valence-electron chi connectivity index (χ1n) is 8.64. The van der Waals surface area contributed by atoms with Crippen molar-refractivity contribution in [3.8, 4) is 0 Å². The average Bonchev–Trinajstić information content (AvgIpc) is 3.37. The van der Waals surface area contributed by atoms with Crippen molar-refractivity contribution in [2.75, 3.05) is 6.54 Å². The van der Waals surface area contributed by atoms with Crippen LogP contribution < -0.4 is 5.32 Å². The summed E-state index contributed by atoms with van der Waals surface area (Å²) in [5.41, 5.74) is 1.83. The molecule has 27 heavy (non-hydrogen) atoms. The molecule has 0 aliphatic heterocycles. The molecule has 0 saturated heterocycles. The lowest BCUT2D eigenvalue weighted by molar-refractivity contribution is -0.124. The number of hydrogen-bond donors (Lipinski definition) is 1. The molecule has 9 heteroatoms. The summed E-state index contributed by atoms with van der Waals surface area (Å²) in [6.45, 7) is 0.446. The third-order valence-electron chi connectivity index (χ3n) is 4.29. The summed E-state index contributed by atoms with van der Waals surface area (Å²) in [7, 11) is 0. The molecule has 0 aliphatic carbocycles. The van der Waals surface area contributed by atoms with E-state index in [1.54, 1.807) is 0 Å². The molecule has 9 nitrogen and oxygen atoms in total. The fourth-order valence-corrected chi connectivity index (χ4v) is 2.93. The van der Waals surface area contributed by atoms with Gasteiger partial charge in [0.1, 0.15) is 18.2 Å². The minimum Gasteiger partial charge on any atom is -0.354 e. The number of carbonyl (C=O) groups is 1. The summed E-state index contributed by atoms with van der Waals surface area (Å²) in [4.78, 5) is 12.8. The molecule has 4 rings (SSSR count). The molecule has 0 saturated carbocycles. The molecule has 1 amide bonds. The van der Waals surface area contributed by atoms with Gasteiger partial charge in [0.15, 0.2) is 5.65 Å². The zero-order valence-corrected chi connectivity index (χ0v) is 14.5. The molecule has 0 spiro atoms. The highest BCUT2D eigenvalue weighted by molar-refractivity contribution is 5.80. The van der Waals surface area contributed by atoms with Crippen LogP contribution in [-0.4, -0.2) is 47.3 Å². The molecular formula is C18H18N8O. The summed E-state index contributed by atoms with van der Waals surface area (Å²) < 4.78 is 3.39. The third-order valence-corrected chi connectivity index (χ3v) is 4.29. The fourth-order valence-electron chi connectivity index (χ4n) is 2.93. The molecule has 0 bridgehead atoms. The van der Waals surface area contributed by atoms with E-state index in [0.29, 0.717) is 19.4 Å². The number of amides is 1.